The lowest BCUT2D eigenvalue weighted by atomic mass is 10.1. The van der Waals surface area contributed by atoms with Crippen LogP contribution in [-0.4, -0.2) is 37.6 Å². The number of fused-ring (bicyclic) bond motifs is 1. The average Bonchev–Trinajstić information content (AvgIpc) is 3.13. The van der Waals surface area contributed by atoms with Crippen molar-refractivity contribution >= 4 is 34.9 Å². The summed E-state index contributed by atoms with van der Waals surface area (Å²) in [6, 6.07) is 5.23. The molecule has 1 amide bonds. The van der Waals surface area contributed by atoms with Crippen molar-refractivity contribution in [1.82, 2.24) is 19.6 Å². The minimum atomic E-state index is -0.931. The molecule has 0 radical (unpaired) electrons. The molecule has 3 rings (SSSR count). The Morgan fingerprint density at radius 1 is 1.28 bits per heavy atom. The second kappa shape index (κ2) is 8.57. The zero-order chi connectivity index (χ0) is 21.1. The molecule has 1 N–H and O–H groups in total. The van der Waals surface area contributed by atoms with Crippen LogP contribution in [0.2, 0.25) is 5.02 Å². The van der Waals surface area contributed by atoms with Gasteiger partial charge in [-0.3, -0.25) is 9.59 Å². The van der Waals surface area contributed by atoms with E-state index in [1.54, 1.807) is 29.6 Å². The maximum atomic E-state index is 12.4. The molecule has 0 aliphatic carbocycles. The minimum Gasteiger partial charge on any atom is -0.453 e. The van der Waals surface area contributed by atoms with Gasteiger partial charge in [0.25, 0.3) is 11.7 Å². The lowest BCUT2D eigenvalue weighted by Crippen LogP contribution is -2.30. The number of hydrogen-bond donors (Lipinski definition) is 1. The van der Waals surface area contributed by atoms with Gasteiger partial charge in [0, 0.05) is 28.5 Å². The first-order valence-corrected chi connectivity index (χ1v) is 9.57. The Labute approximate surface area is 173 Å². The topological polar surface area (TPSA) is 98.5 Å². The number of anilines is 1. The van der Waals surface area contributed by atoms with Crippen molar-refractivity contribution in [3.05, 3.63) is 52.1 Å². The second-order valence-corrected chi connectivity index (χ2v) is 7.17. The number of aryl methyl sites for hydroxylation is 2. The maximum Gasteiger partial charge on any atom is 0.306 e. The van der Waals surface area contributed by atoms with Gasteiger partial charge in [-0.15, -0.1) is 0 Å². The van der Waals surface area contributed by atoms with Gasteiger partial charge in [0.15, 0.2) is 6.10 Å². The number of amides is 1. The Kier molecular flexibility index (Phi) is 6.12. The lowest BCUT2D eigenvalue weighted by molar-refractivity contribution is -0.153. The number of aromatic nitrogens is 4. The molecule has 29 heavy (non-hydrogen) atoms. The number of carbonyl (C=O) groups is 2. The molecule has 0 saturated heterocycles. The average molecular weight is 416 g/mol. The first-order chi connectivity index (χ1) is 13.8. The zero-order valence-electron chi connectivity index (χ0n) is 16.7. The van der Waals surface area contributed by atoms with Crippen molar-refractivity contribution in [2.75, 3.05) is 5.32 Å². The van der Waals surface area contributed by atoms with Crippen LogP contribution in [0.4, 0.5) is 5.69 Å². The fraction of sp³-hybridized carbons (Fsp3) is 0.350. The standard InChI is InChI=1S/C20H22ClN5O3/c1-11-16(21)6-5-7-17(11)25-19(28)14(4)29-18(27)9-8-15-12(2)24-20-22-10-23-26(20)13(15)3/h5-7,10,14H,8-9H2,1-4H3,(H,25,28)/t14-/m0/s1. The zero-order valence-corrected chi connectivity index (χ0v) is 17.4. The molecule has 152 valence electrons. The summed E-state index contributed by atoms with van der Waals surface area (Å²) < 4.78 is 6.93. The van der Waals surface area contributed by atoms with E-state index in [4.69, 9.17) is 16.3 Å². The van der Waals surface area contributed by atoms with Gasteiger partial charge in [0.05, 0.1) is 0 Å². The molecule has 2 aromatic heterocycles. The van der Waals surface area contributed by atoms with Crippen molar-refractivity contribution in [2.45, 2.75) is 46.6 Å². The fourth-order valence-electron chi connectivity index (χ4n) is 3.03. The normalized spacial score (nSPS) is 12.0. The van der Waals surface area contributed by atoms with Crippen molar-refractivity contribution in [3.63, 3.8) is 0 Å². The predicted molar refractivity (Wildman–Crippen MR) is 109 cm³/mol. The Bertz CT molecular complexity index is 1080. The number of esters is 1. The molecule has 1 atom stereocenters. The van der Waals surface area contributed by atoms with Gasteiger partial charge < -0.3 is 10.1 Å². The molecule has 0 spiro atoms. The summed E-state index contributed by atoms with van der Waals surface area (Å²) in [5.41, 5.74) is 3.91. The fourth-order valence-corrected chi connectivity index (χ4v) is 3.21. The molecule has 8 nitrogen and oxygen atoms in total. The molecule has 0 aliphatic rings. The monoisotopic (exact) mass is 415 g/mol. The highest BCUT2D eigenvalue weighted by molar-refractivity contribution is 6.31. The number of benzene rings is 1. The third-order valence-electron chi connectivity index (χ3n) is 4.77. The van der Waals surface area contributed by atoms with Gasteiger partial charge in [-0.05, 0) is 57.4 Å². The molecule has 0 bridgehead atoms. The molecular weight excluding hydrogens is 394 g/mol. The number of rotatable bonds is 6. The minimum absolute atomic E-state index is 0.122. The van der Waals surface area contributed by atoms with Crippen LogP contribution >= 0.6 is 11.6 Å². The van der Waals surface area contributed by atoms with E-state index in [0.717, 1.165) is 22.5 Å². The molecule has 0 fully saturated rings. The first kappa shape index (κ1) is 20.7. The molecule has 3 aromatic rings. The SMILES string of the molecule is Cc1nc2ncnn2c(C)c1CCC(=O)O[C@@H](C)C(=O)Nc1cccc(Cl)c1C. The van der Waals surface area contributed by atoms with E-state index < -0.39 is 18.0 Å². The van der Waals surface area contributed by atoms with E-state index in [1.807, 2.05) is 13.8 Å². The number of halogens is 1. The predicted octanol–water partition coefficient (Wildman–Crippen LogP) is 3.21. The van der Waals surface area contributed by atoms with Gasteiger partial charge >= 0.3 is 5.97 Å². The Hall–Kier alpha value is -3.00. The van der Waals surface area contributed by atoms with Crippen LogP contribution in [0.25, 0.3) is 5.78 Å². The summed E-state index contributed by atoms with van der Waals surface area (Å²) >= 11 is 6.06. The Morgan fingerprint density at radius 2 is 2.03 bits per heavy atom. The lowest BCUT2D eigenvalue weighted by Gasteiger charge is -2.15. The smallest absolute Gasteiger partial charge is 0.306 e. The molecule has 0 unspecified atom stereocenters. The van der Waals surface area contributed by atoms with Crippen LogP contribution in [-0.2, 0) is 20.7 Å². The largest absolute Gasteiger partial charge is 0.453 e. The van der Waals surface area contributed by atoms with Crippen molar-refractivity contribution in [2.24, 2.45) is 0 Å². The second-order valence-electron chi connectivity index (χ2n) is 6.77. The highest BCUT2D eigenvalue weighted by Gasteiger charge is 2.20. The van der Waals surface area contributed by atoms with Crippen molar-refractivity contribution in [1.29, 1.82) is 0 Å². The van der Waals surface area contributed by atoms with Crippen LogP contribution in [0.15, 0.2) is 24.5 Å². The van der Waals surface area contributed by atoms with Gasteiger partial charge in [0.2, 0.25) is 0 Å². The number of ether oxygens (including phenoxy) is 1. The van der Waals surface area contributed by atoms with Gasteiger partial charge in [-0.25, -0.2) is 9.50 Å². The highest BCUT2D eigenvalue weighted by Crippen LogP contribution is 2.23. The van der Waals surface area contributed by atoms with E-state index in [0.29, 0.717) is 22.9 Å². The van der Waals surface area contributed by atoms with Crippen LogP contribution in [0.5, 0.6) is 0 Å². The molecule has 2 heterocycles. The van der Waals surface area contributed by atoms with Gasteiger partial charge in [-0.2, -0.15) is 10.1 Å². The molecule has 0 saturated carbocycles. The number of nitrogens with one attached hydrogen (secondary N) is 1. The summed E-state index contributed by atoms with van der Waals surface area (Å²) in [6.45, 7) is 7.11. The molecule has 1 aromatic carbocycles. The summed E-state index contributed by atoms with van der Waals surface area (Å²) in [6.07, 6.45) is 1.06. The third-order valence-corrected chi connectivity index (χ3v) is 5.18. The van der Waals surface area contributed by atoms with E-state index in [9.17, 15) is 9.59 Å². The molecular formula is C20H22ClN5O3. The van der Waals surface area contributed by atoms with E-state index >= 15 is 0 Å². The first-order valence-electron chi connectivity index (χ1n) is 9.19. The summed E-state index contributed by atoms with van der Waals surface area (Å²) in [4.78, 5) is 33.1. The van der Waals surface area contributed by atoms with Gasteiger partial charge in [-0.1, -0.05) is 17.7 Å². The molecule has 0 aliphatic heterocycles. The summed E-state index contributed by atoms with van der Waals surface area (Å²) in [7, 11) is 0. The van der Waals surface area contributed by atoms with Crippen LogP contribution < -0.4 is 5.32 Å². The summed E-state index contributed by atoms with van der Waals surface area (Å²) in [5.74, 6) is -0.359. The quantitative estimate of drug-likeness (QED) is 0.620. The summed E-state index contributed by atoms with van der Waals surface area (Å²) in [5, 5.41) is 7.42. The van der Waals surface area contributed by atoms with Crippen molar-refractivity contribution in [3.8, 4) is 0 Å². The van der Waals surface area contributed by atoms with Crippen LogP contribution in [0, 0.1) is 20.8 Å². The number of hydrogen-bond acceptors (Lipinski definition) is 6. The van der Waals surface area contributed by atoms with Crippen molar-refractivity contribution < 1.29 is 14.3 Å². The van der Waals surface area contributed by atoms with E-state index in [-0.39, 0.29) is 6.42 Å². The number of carbonyl (C=O) groups excluding carboxylic acids is 2. The van der Waals surface area contributed by atoms with E-state index in [2.05, 4.69) is 20.4 Å². The number of nitrogens with zero attached hydrogens (tertiary/aromatic N) is 4. The maximum absolute atomic E-state index is 12.4. The van der Waals surface area contributed by atoms with E-state index in [1.165, 1.54) is 13.3 Å². The molecule has 9 heteroatoms. The van der Waals surface area contributed by atoms with Gasteiger partial charge in [0.1, 0.15) is 6.33 Å². The third kappa shape index (κ3) is 4.54. The Balaban J connectivity index is 1.59. The van der Waals surface area contributed by atoms with Crippen LogP contribution in [0.1, 0.15) is 35.9 Å². The van der Waals surface area contributed by atoms with Crippen LogP contribution in [0.3, 0.4) is 0 Å². The Morgan fingerprint density at radius 3 is 2.79 bits per heavy atom. The highest BCUT2D eigenvalue weighted by atomic mass is 35.5.